The molecule has 0 radical (unpaired) electrons. The lowest BCUT2D eigenvalue weighted by Crippen LogP contribution is -2.30. The Morgan fingerprint density at radius 1 is 1.60 bits per heavy atom. The maximum atomic E-state index is 11.6. The molecule has 84 valence electrons. The van der Waals surface area contributed by atoms with Gasteiger partial charge in [-0.2, -0.15) is 5.10 Å². The van der Waals surface area contributed by atoms with Crippen LogP contribution in [0.25, 0.3) is 0 Å². The van der Waals surface area contributed by atoms with Crippen molar-refractivity contribution in [3.05, 3.63) is 11.8 Å². The number of rotatable bonds is 4. The third kappa shape index (κ3) is 2.97. The SMILES string of the molecule is CC(C)C(C)CNC(=O)c1cn[nH]c1N. The van der Waals surface area contributed by atoms with Crippen molar-refractivity contribution >= 4 is 11.7 Å². The zero-order chi connectivity index (χ0) is 11.4. The van der Waals surface area contributed by atoms with E-state index in [0.717, 1.165) is 0 Å². The topological polar surface area (TPSA) is 83.8 Å². The summed E-state index contributed by atoms with van der Waals surface area (Å²) in [5.74, 6) is 1.13. The van der Waals surface area contributed by atoms with E-state index in [1.165, 1.54) is 6.20 Å². The van der Waals surface area contributed by atoms with Crippen LogP contribution in [0.1, 0.15) is 31.1 Å². The molecule has 1 aromatic heterocycles. The van der Waals surface area contributed by atoms with Crippen LogP contribution in [-0.4, -0.2) is 22.6 Å². The molecule has 1 heterocycles. The minimum Gasteiger partial charge on any atom is -0.383 e. The molecule has 15 heavy (non-hydrogen) atoms. The first-order valence-electron chi connectivity index (χ1n) is 5.09. The highest BCUT2D eigenvalue weighted by Gasteiger charge is 2.13. The average molecular weight is 210 g/mol. The minimum absolute atomic E-state index is 0.172. The van der Waals surface area contributed by atoms with Crippen molar-refractivity contribution in [1.82, 2.24) is 15.5 Å². The van der Waals surface area contributed by atoms with E-state index in [-0.39, 0.29) is 5.91 Å². The van der Waals surface area contributed by atoms with E-state index in [1.54, 1.807) is 0 Å². The first kappa shape index (κ1) is 11.6. The third-order valence-corrected chi connectivity index (χ3v) is 2.64. The summed E-state index contributed by atoms with van der Waals surface area (Å²) < 4.78 is 0. The fourth-order valence-electron chi connectivity index (χ4n) is 1.06. The van der Waals surface area contributed by atoms with E-state index in [0.29, 0.717) is 29.8 Å². The Morgan fingerprint density at radius 3 is 2.73 bits per heavy atom. The minimum atomic E-state index is -0.172. The Hall–Kier alpha value is -1.52. The molecule has 1 amide bonds. The van der Waals surface area contributed by atoms with Crippen molar-refractivity contribution in [2.75, 3.05) is 12.3 Å². The maximum absolute atomic E-state index is 11.6. The van der Waals surface area contributed by atoms with Gasteiger partial charge in [0, 0.05) is 6.54 Å². The molecule has 1 unspecified atom stereocenters. The molecule has 0 saturated carbocycles. The summed E-state index contributed by atoms with van der Waals surface area (Å²) in [5, 5.41) is 9.05. The monoisotopic (exact) mass is 210 g/mol. The molecule has 1 rings (SSSR count). The molecule has 1 atom stereocenters. The molecule has 0 saturated heterocycles. The average Bonchev–Trinajstić information content (AvgIpc) is 2.60. The normalized spacial score (nSPS) is 12.8. The number of aromatic nitrogens is 2. The van der Waals surface area contributed by atoms with Crippen molar-refractivity contribution in [2.45, 2.75) is 20.8 Å². The maximum Gasteiger partial charge on any atom is 0.256 e. The van der Waals surface area contributed by atoms with E-state index in [9.17, 15) is 4.79 Å². The molecule has 0 aliphatic carbocycles. The van der Waals surface area contributed by atoms with Crippen LogP contribution < -0.4 is 11.1 Å². The molecule has 0 bridgehead atoms. The summed E-state index contributed by atoms with van der Waals surface area (Å²) in [5.41, 5.74) is 5.94. The fourth-order valence-corrected chi connectivity index (χ4v) is 1.06. The number of hydrogen-bond acceptors (Lipinski definition) is 3. The van der Waals surface area contributed by atoms with Crippen LogP contribution in [0.15, 0.2) is 6.20 Å². The van der Waals surface area contributed by atoms with Crippen LogP contribution in [-0.2, 0) is 0 Å². The number of nitrogens with zero attached hydrogens (tertiary/aromatic N) is 1. The quantitative estimate of drug-likeness (QED) is 0.693. The predicted molar refractivity (Wildman–Crippen MR) is 59.3 cm³/mol. The number of nitrogen functional groups attached to an aromatic ring is 1. The van der Waals surface area contributed by atoms with Crippen LogP contribution in [0.2, 0.25) is 0 Å². The molecule has 0 spiro atoms. The molecule has 0 aliphatic heterocycles. The summed E-state index contributed by atoms with van der Waals surface area (Å²) in [6, 6.07) is 0. The van der Waals surface area contributed by atoms with Crippen LogP contribution in [0.5, 0.6) is 0 Å². The number of amides is 1. The highest BCUT2D eigenvalue weighted by molar-refractivity contribution is 5.98. The van der Waals surface area contributed by atoms with Gasteiger partial charge in [-0.05, 0) is 11.8 Å². The highest BCUT2D eigenvalue weighted by Crippen LogP contribution is 2.09. The van der Waals surface area contributed by atoms with Crippen molar-refractivity contribution in [2.24, 2.45) is 11.8 Å². The van der Waals surface area contributed by atoms with Crippen LogP contribution in [0.4, 0.5) is 5.82 Å². The lowest BCUT2D eigenvalue weighted by Gasteiger charge is -2.15. The highest BCUT2D eigenvalue weighted by atomic mass is 16.1. The summed E-state index contributed by atoms with van der Waals surface area (Å²) in [6.07, 6.45) is 1.44. The van der Waals surface area contributed by atoms with Gasteiger partial charge in [-0.15, -0.1) is 0 Å². The van der Waals surface area contributed by atoms with E-state index in [4.69, 9.17) is 5.73 Å². The van der Waals surface area contributed by atoms with Gasteiger partial charge in [0.05, 0.1) is 6.20 Å². The largest absolute Gasteiger partial charge is 0.383 e. The molecular weight excluding hydrogens is 192 g/mol. The Kier molecular flexibility index (Phi) is 3.71. The predicted octanol–water partition coefficient (Wildman–Crippen LogP) is 1.01. The van der Waals surface area contributed by atoms with Gasteiger partial charge < -0.3 is 11.1 Å². The van der Waals surface area contributed by atoms with Crippen molar-refractivity contribution in [1.29, 1.82) is 0 Å². The number of nitrogens with one attached hydrogen (secondary N) is 2. The number of aromatic amines is 1. The van der Waals surface area contributed by atoms with Crippen LogP contribution in [0.3, 0.4) is 0 Å². The summed E-state index contributed by atoms with van der Waals surface area (Å²) >= 11 is 0. The second-order valence-electron chi connectivity index (χ2n) is 4.13. The number of carbonyl (C=O) groups excluding carboxylic acids is 1. The van der Waals surface area contributed by atoms with Gasteiger partial charge in [0.1, 0.15) is 11.4 Å². The first-order valence-corrected chi connectivity index (χ1v) is 5.09. The molecule has 4 N–H and O–H groups in total. The number of H-pyrrole nitrogens is 1. The van der Waals surface area contributed by atoms with Gasteiger partial charge in [-0.3, -0.25) is 9.89 Å². The number of anilines is 1. The van der Waals surface area contributed by atoms with Gasteiger partial charge >= 0.3 is 0 Å². The molecule has 5 nitrogen and oxygen atoms in total. The molecular formula is C10H18N4O. The smallest absolute Gasteiger partial charge is 0.256 e. The molecule has 5 heteroatoms. The molecule has 0 fully saturated rings. The van der Waals surface area contributed by atoms with E-state index >= 15 is 0 Å². The van der Waals surface area contributed by atoms with Gasteiger partial charge in [-0.1, -0.05) is 20.8 Å². The Morgan fingerprint density at radius 2 is 2.27 bits per heavy atom. The summed E-state index contributed by atoms with van der Waals surface area (Å²) in [7, 11) is 0. The van der Waals surface area contributed by atoms with Crippen molar-refractivity contribution in [3.8, 4) is 0 Å². The number of carbonyl (C=O) groups is 1. The summed E-state index contributed by atoms with van der Waals surface area (Å²) in [4.78, 5) is 11.6. The van der Waals surface area contributed by atoms with Gasteiger partial charge in [0.15, 0.2) is 0 Å². The summed E-state index contributed by atoms with van der Waals surface area (Å²) in [6.45, 7) is 7.01. The standard InChI is InChI=1S/C10H18N4O/c1-6(2)7(3)4-12-10(15)8-5-13-14-9(8)11/h5-7H,4H2,1-3H3,(H,12,15)(H3,11,13,14). The molecule has 0 aromatic carbocycles. The van der Waals surface area contributed by atoms with Crippen molar-refractivity contribution < 1.29 is 4.79 Å². The third-order valence-electron chi connectivity index (χ3n) is 2.64. The lowest BCUT2D eigenvalue weighted by molar-refractivity contribution is 0.0946. The zero-order valence-corrected chi connectivity index (χ0v) is 9.37. The number of hydrogen-bond donors (Lipinski definition) is 3. The Labute approximate surface area is 89.4 Å². The molecule has 0 aliphatic rings. The second kappa shape index (κ2) is 4.82. The second-order valence-corrected chi connectivity index (χ2v) is 4.13. The van der Waals surface area contributed by atoms with Gasteiger partial charge in [0.25, 0.3) is 5.91 Å². The Bertz CT molecular complexity index is 332. The van der Waals surface area contributed by atoms with Gasteiger partial charge in [-0.25, -0.2) is 0 Å². The zero-order valence-electron chi connectivity index (χ0n) is 9.37. The Balaban J connectivity index is 2.47. The molecule has 1 aromatic rings. The van der Waals surface area contributed by atoms with Crippen molar-refractivity contribution in [3.63, 3.8) is 0 Å². The van der Waals surface area contributed by atoms with Crippen LogP contribution >= 0.6 is 0 Å². The van der Waals surface area contributed by atoms with E-state index in [2.05, 4.69) is 36.3 Å². The lowest BCUT2D eigenvalue weighted by atomic mass is 9.98. The van der Waals surface area contributed by atoms with E-state index < -0.39 is 0 Å². The fraction of sp³-hybridized carbons (Fsp3) is 0.600. The van der Waals surface area contributed by atoms with Crippen LogP contribution in [0, 0.1) is 11.8 Å². The van der Waals surface area contributed by atoms with E-state index in [1.807, 2.05) is 0 Å². The first-order chi connectivity index (χ1) is 7.02. The van der Waals surface area contributed by atoms with Gasteiger partial charge in [0.2, 0.25) is 0 Å². The number of nitrogens with two attached hydrogens (primary N) is 1.